The van der Waals surface area contributed by atoms with Gasteiger partial charge in [-0.3, -0.25) is 0 Å². The van der Waals surface area contributed by atoms with Crippen molar-refractivity contribution in [2.75, 3.05) is 19.0 Å². The molecule has 1 nitrogen and oxygen atoms in total. The minimum absolute atomic E-state index is 1.22. The van der Waals surface area contributed by atoms with E-state index in [0.29, 0.717) is 0 Å². The predicted octanol–water partition coefficient (Wildman–Crippen LogP) is 4.88. The van der Waals surface area contributed by atoms with E-state index < -0.39 is 0 Å². The number of anilines is 1. The lowest BCUT2D eigenvalue weighted by Gasteiger charge is -2.11. The van der Waals surface area contributed by atoms with Gasteiger partial charge >= 0.3 is 0 Å². The van der Waals surface area contributed by atoms with Crippen LogP contribution in [-0.4, -0.2) is 14.1 Å². The molecule has 0 unspecified atom stereocenters. The maximum absolute atomic E-state index is 2.17. The summed E-state index contributed by atoms with van der Waals surface area (Å²) in [5.74, 6) is 0. The van der Waals surface area contributed by atoms with Crippen LogP contribution in [0.15, 0.2) is 66.8 Å². The van der Waals surface area contributed by atoms with Crippen molar-refractivity contribution in [2.24, 2.45) is 0 Å². The van der Waals surface area contributed by atoms with E-state index in [4.69, 9.17) is 0 Å². The second-order valence-corrected chi connectivity index (χ2v) is 5.39. The van der Waals surface area contributed by atoms with Gasteiger partial charge in [0.1, 0.15) is 0 Å². The molecule has 0 saturated heterocycles. The first kappa shape index (κ1) is 13.4. The SMILES string of the molecule is CN(C)c1ccc(/C=C/C=C2/C=Cc3ccccc32)cc1. The molecule has 0 radical (unpaired) electrons. The Balaban J connectivity index is 1.76. The van der Waals surface area contributed by atoms with Crippen molar-refractivity contribution in [3.05, 3.63) is 83.4 Å². The predicted molar refractivity (Wildman–Crippen MR) is 93.3 cm³/mol. The van der Waals surface area contributed by atoms with E-state index in [2.05, 4.69) is 97.9 Å². The van der Waals surface area contributed by atoms with E-state index in [9.17, 15) is 0 Å². The Hall–Kier alpha value is -2.54. The van der Waals surface area contributed by atoms with Gasteiger partial charge in [0.2, 0.25) is 0 Å². The van der Waals surface area contributed by atoms with Crippen molar-refractivity contribution in [1.29, 1.82) is 0 Å². The summed E-state index contributed by atoms with van der Waals surface area (Å²) in [5, 5.41) is 0. The van der Waals surface area contributed by atoms with Crippen molar-refractivity contribution in [3.63, 3.8) is 0 Å². The third-order valence-corrected chi connectivity index (χ3v) is 3.69. The minimum atomic E-state index is 1.22. The quantitative estimate of drug-likeness (QED) is 0.770. The largest absolute Gasteiger partial charge is 0.378 e. The van der Waals surface area contributed by atoms with Gasteiger partial charge in [-0.1, -0.05) is 66.8 Å². The molecular weight excluding hydrogens is 254 g/mol. The molecule has 0 atom stereocenters. The Morgan fingerprint density at radius 2 is 1.62 bits per heavy atom. The summed E-state index contributed by atoms with van der Waals surface area (Å²) in [5.41, 5.74) is 6.32. The molecule has 0 aromatic heterocycles. The normalized spacial score (nSPS) is 14.9. The topological polar surface area (TPSA) is 3.24 Å². The standard InChI is InChI=1S/C20H19N/c1-21(2)19-14-10-16(11-15-19)6-5-8-18-13-12-17-7-3-4-9-20(17)18/h3-15H,1-2H3/b6-5+,18-8-. The number of rotatable bonds is 3. The van der Waals surface area contributed by atoms with Crippen LogP contribution in [0.5, 0.6) is 0 Å². The molecule has 0 bridgehead atoms. The van der Waals surface area contributed by atoms with Gasteiger partial charge in [0.25, 0.3) is 0 Å². The third kappa shape index (κ3) is 2.97. The lowest BCUT2D eigenvalue weighted by Crippen LogP contribution is -2.07. The van der Waals surface area contributed by atoms with Crippen molar-refractivity contribution >= 4 is 23.4 Å². The summed E-state index contributed by atoms with van der Waals surface area (Å²) >= 11 is 0. The fourth-order valence-corrected chi connectivity index (χ4v) is 2.47. The lowest BCUT2D eigenvalue weighted by atomic mass is 10.1. The zero-order valence-corrected chi connectivity index (χ0v) is 12.5. The molecule has 0 saturated carbocycles. The van der Waals surface area contributed by atoms with Crippen LogP contribution in [-0.2, 0) is 0 Å². The Kier molecular flexibility index (Phi) is 3.74. The maximum atomic E-state index is 2.17. The number of hydrogen-bond donors (Lipinski definition) is 0. The van der Waals surface area contributed by atoms with Crippen LogP contribution >= 0.6 is 0 Å². The highest BCUT2D eigenvalue weighted by atomic mass is 15.1. The zero-order chi connectivity index (χ0) is 14.7. The van der Waals surface area contributed by atoms with Gasteiger partial charge in [0, 0.05) is 19.8 Å². The van der Waals surface area contributed by atoms with E-state index in [-0.39, 0.29) is 0 Å². The van der Waals surface area contributed by atoms with Crippen LogP contribution in [0.1, 0.15) is 16.7 Å². The van der Waals surface area contributed by atoms with E-state index in [1.807, 2.05) is 0 Å². The molecule has 0 N–H and O–H groups in total. The monoisotopic (exact) mass is 273 g/mol. The number of benzene rings is 2. The average molecular weight is 273 g/mol. The molecule has 1 heteroatoms. The molecule has 1 aliphatic rings. The second-order valence-electron chi connectivity index (χ2n) is 5.39. The highest BCUT2D eigenvalue weighted by Gasteiger charge is 2.07. The van der Waals surface area contributed by atoms with Crippen LogP contribution < -0.4 is 4.90 Å². The zero-order valence-electron chi connectivity index (χ0n) is 12.5. The smallest absolute Gasteiger partial charge is 0.0361 e. The van der Waals surface area contributed by atoms with Crippen LogP contribution in [0.3, 0.4) is 0 Å². The van der Waals surface area contributed by atoms with Crippen molar-refractivity contribution in [2.45, 2.75) is 0 Å². The van der Waals surface area contributed by atoms with Crippen LogP contribution in [0.2, 0.25) is 0 Å². The van der Waals surface area contributed by atoms with E-state index >= 15 is 0 Å². The summed E-state index contributed by atoms with van der Waals surface area (Å²) in [6, 6.07) is 17.0. The molecule has 0 heterocycles. The summed E-state index contributed by atoms with van der Waals surface area (Å²) in [6.45, 7) is 0. The van der Waals surface area contributed by atoms with Crippen molar-refractivity contribution in [3.8, 4) is 0 Å². The fourth-order valence-electron chi connectivity index (χ4n) is 2.47. The highest BCUT2D eigenvalue weighted by molar-refractivity contribution is 5.90. The second kappa shape index (κ2) is 5.84. The summed E-state index contributed by atoms with van der Waals surface area (Å²) in [7, 11) is 4.11. The molecule has 21 heavy (non-hydrogen) atoms. The fraction of sp³-hybridized carbons (Fsp3) is 0.100. The molecule has 3 rings (SSSR count). The molecule has 0 amide bonds. The lowest BCUT2D eigenvalue weighted by molar-refractivity contribution is 1.13. The van der Waals surface area contributed by atoms with Gasteiger partial charge in [-0.05, 0) is 34.4 Å². The third-order valence-electron chi connectivity index (χ3n) is 3.69. The van der Waals surface area contributed by atoms with Gasteiger partial charge in [-0.15, -0.1) is 0 Å². The Morgan fingerprint density at radius 3 is 2.38 bits per heavy atom. The maximum Gasteiger partial charge on any atom is 0.0361 e. The van der Waals surface area contributed by atoms with Crippen molar-refractivity contribution < 1.29 is 0 Å². The van der Waals surface area contributed by atoms with Gasteiger partial charge in [-0.2, -0.15) is 0 Å². The van der Waals surface area contributed by atoms with E-state index in [1.54, 1.807) is 0 Å². The first-order valence-electron chi connectivity index (χ1n) is 7.17. The van der Waals surface area contributed by atoms with Crippen LogP contribution in [0.4, 0.5) is 5.69 Å². The molecule has 2 aromatic rings. The molecule has 1 aliphatic carbocycles. The highest BCUT2D eigenvalue weighted by Crippen LogP contribution is 2.28. The van der Waals surface area contributed by atoms with Crippen LogP contribution in [0.25, 0.3) is 17.7 Å². The Bertz CT molecular complexity index is 716. The minimum Gasteiger partial charge on any atom is -0.378 e. The van der Waals surface area contributed by atoms with E-state index in [0.717, 1.165) is 0 Å². The summed E-state index contributed by atoms with van der Waals surface area (Å²) < 4.78 is 0. The molecular formula is C20H19N. The molecule has 2 aromatic carbocycles. The molecule has 0 spiro atoms. The van der Waals surface area contributed by atoms with Gasteiger partial charge < -0.3 is 4.90 Å². The number of allylic oxidation sites excluding steroid dienone is 4. The van der Waals surface area contributed by atoms with Gasteiger partial charge in [0.15, 0.2) is 0 Å². The first-order chi connectivity index (χ1) is 10.2. The Labute approximate surface area is 126 Å². The summed E-state index contributed by atoms with van der Waals surface area (Å²) in [4.78, 5) is 2.11. The molecule has 0 aliphatic heterocycles. The Morgan fingerprint density at radius 1 is 0.857 bits per heavy atom. The number of hydrogen-bond acceptors (Lipinski definition) is 1. The number of fused-ring (bicyclic) bond motifs is 1. The number of nitrogens with zero attached hydrogens (tertiary/aromatic N) is 1. The van der Waals surface area contributed by atoms with Crippen LogP contribution in [0, 0.1) is 0 Å². The first-order valence-corrected chi connectivity index (χ1v) is 7.17. The average Bonchev–Trinajstić information content (AvgIpc) is 2.91. The van der Waals surface area contributed by atoms with Gasteiger partial charge in [0.05, 0.1) is 0 Å². The van der Waals surface area contributed by atoms with E-state index in [1.165, 1.54) is 28.0 Å². The molecule has 0 fully saturated rings. The molecule has 104 valence electrons. The van der Waals surface area contributed by atoms with Crippen molar-refractivity contribution in [1.82, 2.24) is 0 Å². The summed E-state index contributed by atoms with van der Waals surface area (Å²) in [6.07, 6.45) is 10.8. The van der Waals surface area contributed by atoms with Gasteiger partial charge in [-0.25, -0.2) is 0 Å².